The normalized spacial score (nSPS) is 19.0. The highest BCUT2D eigenvalue weighted by Gasteiger charge is 2.21. The summed E-state index contributed by atoms with van der Waals surface area (Å²) < 4.78 is 8.58. The minimum Gasteiger partial charge on any atom is -0.487 e. The van der Waals surface area contributed by atoms with E-state index < -0.39 is 0 Å². The number of carbonyl (C=O) groups is 1. The van der Waals surface area contributed by atoms with Crippen LogP contribution in [0.3, 0.4) is 0 Å². The number of hydrogen-bond donors (Lipinski definition) is 0. The lowest BCUT2D eigenvalue weighted by molar-refractivity contribution is -0.113. The van der Waals surface area contributed by atoms with Gasteiger partial charge in [0.15, 0.2) is 0 Å². The molecule has 1 aromatic heterocycles. The van der Waals surface area contributed by atoms with Gasteiger partial charge in [0.05, 0.1) is 11.1 Å². The van der Waals surface area contributed by atoms with Crippen LogP contribution in [0.25, 0.3) is 6.08 Å². The first-order chi connectivity index (χ1) is 14.2. The fourth-order valence-electron chi connectivity index (χ4n) is 3.57. The molecule has 4 rings (SSSR count). The molecule has 6 nitrogen and oxygen atoms in total. The van der Waals surface area contributed by atoms with E-state index in [0.717, 1.165) is 33.8 Å². The molecule has 1 fully saturated rings. The Kier molecular flexibility index (Phi) is 6.71. The topological polar surface area (TPSA) is 69.4 Å². The Morgan fingerprint density at radius 1 is 1.24 bits per heavy atom. The van der Waals surface area contributed by atoms with Crippen molar-refractivity contribution in [3.05, 3.63) is 46.6 Å². The summed E-state index contributed by atoms with van der Waals surface area (Å²) in [6, 6.07) is 7.68. The molecule has 0 N–H and O–H groups in total. The van der Waals surface area contributed by atoms with Crippen LogP contribution >= 0.6 is 23.5 Å². The van der Waals surface area contributed by atoms with E-state index in [0.29, 0.717) is 11.5 Å². The fourth-order valence-corrected chi connectivity index (χ4v) is 5.00. The van der Waals surface area contributed by atoms with Gasteiger partial charge in [-0.1, -0.05) is 48.4 Å². The Bertz CT molecular complexity index is 915. The van der Waals surface area contributed by atoms with Crippen molar-refractivity contribution in [1.82, 2.24) is 15.0 Å². The standard InChI is InChI=1S/C21H24N4O2S2/c1-28-21-22-20(26)19(29-21)11-15-7-9-18(10-8-15)27-14-17-13-25(24-23-17)12-16-5-3-2-4-6-16/h7-11,13,16H,2-6,12,14H2,1H3/b19-11+. The Labute approximate surface area is 179 Å². The average molecular weight is 429 g/mol. The van der Waals surface area contributed by atoms with Gasteiger partial charge in [0.1, 0.15) is 22.4 Å². The maximum atomic E-state index is 11.9. The molecule has 0 bridgehead atoms. The number of amides is 1. The lowest BCUT2D eigenvalue weighted by atomic mass is 9.89. The molecule has 1 amide bonds. The second-order valence-corrected chi connectivity index (χ2v) is 9.38. The second-order valence-electron chi connectivity index (χ2n) is 7.29. The number of benzene rings is 1. The van der Waals surface area contributed by atoms with Gasteiger partial charge in [-0.05, 0) is 48.8 Å². The first-order valence-corrected chi connectivity index (χ1v) is 11.9. The van der Waals surface area contributed by atoms with Crippen molar-refractivity contribution in [2.24, 2.45) is 10.9 Å². The summed E-state index contributed by atoms with van der Waals surface area (Å²) in [5.74, 6) is 1.32. The van der Waals surface area contributed by atoms with E-state index in [2.05, 4.69) is 15.3 Å². The molecule has 152 valence electrons. The molecule has 0 spiro atoms. The third-order valence-corrected chi connectivity index (χ3v) is 7.07. The Morgan fingerprint density at radius 3 is 2.76 bits per heavy atom. The number of aromatic nitrogens is 3. The van der Waals surface area contributed by atoms with Crippen molar-refractivity contribution in [2.45, 2.75) is 45.3 Å². The smallest absolute Gasteiger partial charge is 0.285 e. The van der Waals surface area contributed by atoms with Gasteiger partial charge in [0.25, 0.3) is 5.91 Å². The third kappa shape index (κ3) is 5.51. The zero-order chi connectivity index (χ0) is 20.1. The first-order valence-electron chi connectivity index (χ1n) is 9.88. The Balaban J connectivity index is 1.29. The average Bonchev–Trinajstić information content (AvgIpc) is 3.34. The molecule has 0 atom stereocenters. The van der Waals surface area contributed by atoms with Gasteiger partial charge in [0.2, 0.25) is 0 Å². The van der Waals surface area contributed by atoms with E-state index in [1.165, 1.54) is 55.6 Å². The predicted molar refractivity (Wildman–Crippen MR) is 119 cm³/mol. The molecule has 0 saturated heterocycles. The molecule has 1 aliphatic carbocycles. The van der Waals surface area contributed by atoms with Crippen molar-refractivity contribution < 1.29 is 9.53 Å². The highest BCUT2D eigenvalue weighted by Crippen LogP contribution is 2.32. The van der Waals surface area contributed by atoms with Crippen LogP contribution in [-0.4, -0.2) is 31.5 Å². The van der Waals surface area contributed by atoms with Crippen LogP contribution in [0.4, 0.5) is 0 Å². The largest absolute Gasteiger partial charge is 0.487 e. The molecule has 2 aromatic rings. The van der Waals surface area contributed by atoms with E-state index in [4.69, 9.17) is 4.74 Å². The van der Waals surface area contributed by atoms with E-state index in [1.54, 1.807) is 0 Å². The molecule has 1 saturated carbocycles. The van der Waals surface area contributed by atoms with Gasteiger partial charge < -0.3 is 4.74 Å². The van der Waals surface area contributed by atoms with Crippen molar-refractivity contribution in [1.29, 1.82) is 0 Å². The molecule has 1 aromatic carbocycles. The van der Waals surface area contributed by atoms with Crippen LogP contribution in [0.5, 0.6) is 5.75 Å². The summed E-state index contributed by atoms with van der Waals surface area (Å²) in [7, 11) is 0. The highest BCUT2D eigenvalue weighted by molar-refractivity contribution is 8.40. The number of hydrogen-bond acceptors (Lipinski definition) is 6. The SMILES string of the molecule is CSC1=NC(=O)/C(=C\c2ccc(OCc3cn(CC4CCCCC4)nn3)cc2)S1. The van der Waals surface area contributed by atoms with Crippen LogP contribution in [0.15, 0.2) is 40.4 Å². The minimum absolute atomic E-state index is 0.170. The summed E-state index contributed by atoms with van der Waals surface area (Å²) in [5.41, 5.74) is 1.78. The molecule has 1 aliphatic heterocycles. The van der Waals surface area contributed by atoms with Crippen molar-refractivity contribution in [2.75, 3.05) is 6.26 Å². The van der Waals surface area contributed by atoms with E-state index in [9.17, 15) is 4.79 Å². The molecular weight excluding hydrogens is 404 g/mol. The molecule has 29 heavy (non-hydrogen) atoms. The van der Waals surface area contributed by atoms with Gasteiger partial charge in [-0.15, -0.1) is 16.9 Å². The van der Waals surface area contributed by atoms with Gasteiger partial charge >= 0.3 is 0 Å². The zero-order valence-corrected chi connectivity index (χ0v) is 18.0. The summed E-state index contributed by atoms with van der Waals surface area (Å²) in [6.45, 7) is 1.35. The minimum atomic E-state index is -0.170. The Morgan fingerprint density at radius 2 is 2.03 bits per heavy atom. The fraction of sp³-hybridized carbons (Fsp3) is 0.429. The molecule has 0 radical (unpaired) electrons. The number of thioether (sulfide) groups is 2. The lowest BCUT2D eigenvalue weighted by Gasteiger charge is -2.20. The van der Waals surface area contributed by atoms with Crippen LogP contribution in [0, 0.1) is 5.92 Å². The van der Waals surface area contributed by atoms with Gasteiger partial charge in [-0.3, -0.25) is 9.48 Å². The summed E-state index contributed by atoms with van der Waals surface area (Å²) >= 11 is 2.90. The molecular formula is C21H24N4O2S2. The number of nitrogens with zero attached hydrogens (tertiary/aromatic N) is 4. The zero-order valence-electron chi connectivity index (χ0n) is 16.4. The maximum absolute atomic E-state index is 11.9. The number of carbonyl (C=O) groups excluding carboxylic acids is 1. The van der Waals surface area contributed by atoms with Crippen LogP contribution < -0.4 is 4.74 Å². The number of ether oxygens (including phenoxy) is 1. The lowest BCUT2D eigenvalue weighted by Crippen LogP contribution is -2.14. The van der Waals surface area contributed by atoms with Crippen LogP contribution in [-0.2, 0) is 17.9 Å². The summed E-state index contributed by atoms with van der Waals surface area (Å²) in [6.07, 6.45) is 12.4. The predicted octanol–water partition coefficient (Wildman–Crippen LogP) is 4.77. The maximum Gasteiger partial charge on any atom is 0.285 e. The first kappa shape index (κ1) is 20.2. The van der Waals surface area contributed by atoms with Gasteiger partial charge in [-0.2, -0.15) is 4.99 Å². The molecule has 2 aliphatic rings. The van der Waals surface area contributed by atoms with Crippen molar-refractivity contribution in [3.8, 4) is 5.75 Å². The van der Waals surface area contributed by atoms with Gasteiger partial charge in [0, 0.05) is 6.54 Å². The van der Waals surface area contributed by atoms with E-state index in [1.807, 2.05) is 47.5 Å². The van der Waals surface area contributed by atoms with Crippen molar-refractivity contribution >= 4 is 39.9 Å². The quantitative estimate of drug-likeness (QED) is 0.617. The van der Waals surface area contributed by atoms with Crippen LogP contribution in [0.2, 0.25) is 0 Å². The molecule has 8 heteroatoms. The summed E-state index contributed by atoms with van der Waals surface area (Å²) in [4.78, 5) is 16.5. The number of rotatable bonds is 6. The second kappa shape index (κ2) is 9.63. The Hall–Kier alpha value is -2.06. The number of aliphatic imine (C=N–C) groups is 1. The monoisotopic (exact) mass is 428 g/mol. The van der Waals surface area contributed by atoms with Crippen LogP contribution in [0.1, 0.15) is 43.4 Å². The van der Waals surface area contributed by atoms with Gasteiger partial charge in [-0.25, -0.2) is 0 Å². The highest BCUT2D eigenvalue weighted by atomic mass is 32.2. The third-order valence-electron chi connectivity index (χ3n) is 5.10. The van der Waals surface area contributed by atoms with Crippen molar-refractivity contribution in [3.63, 3.8) is 0 Å². The van der Waals surface area contributed by atoms with E-state index >= 15 is 0 Å². The summed E-state index contributed by atoms with van der Waals surface area (Å²) in [5, 5.41) is 8.48. The molecule has 0 unspecified atom stereocenters. The molecule has 2 heterocycles. The van der Waals surface area contributed by atoms with E-state index in [-0.39, 0.29) is 5.91 Å².